The number of likely N-dealkylation sites (tertiary alicyclic amines) is 1. The molecular formula is C23H34N4O. The lowest BCUT2D eigenvalue weighted by atomic mass is 9.90. The summed E-state index contributed by atoms with van der Waals surface area (Å²) in [5.74, 6) is 0.602. The monoisotopic (exact) mass is 382 g/mol. The van der Waals surface area contributed by atoms with Crippen LogP contribution in [0, 0.1) is 5.92 Å². The van der Waals surface area contributed by atoms with Crippen molar-refractivity contribution < 1.29 is 4.79 Å². The summed E-state index contributed by atoms with van der Waals surface area (Å²) in [7, 11) is 0. The Labute approximate surface area is 168 Å². The van der Waals surface area contributed by atoms with E-state index in [1.807, 2.05) is 29.1 Å². The van der Waals surface area contributed by atoms with Gasteiger partial charge in [-0.3, -0.25) is 9.48 Å². The number of benzene rings is 1. The first-order valence-corrected chi connectivity index (χ1v) is 11.1. The standard InChI is InChI=1S/C23H34N4O/c1-17(2)27-16-19-7-6-10-21(22(19)25-27)23(28)24-15-18-11-13-26(14-12-18)20-8-4-3-5-9-20/h6-7,10,16-18,20H,3-5,8-9,11-15H2,1-2H3,(H,24,28). The van der Waals surface area contributed by atoms with E-state index in [0.717, 1.165) is 23.5 Å². The molecule has 0 spiro atoms. The highest BCUT2D eigenvalue weighted by Crippen LogP contribution is 2.27. The highest BCUT2D eigenvalue weighted by atomic mass is 16.1. The minimum Gasteiger partial charge on any atom is -0.352 e. The normalized spacial score (nSPS) is 20.1. The number of amides is 1. The van der Waals surface area contributed by atoms with Crippen molar-refractivity contribution in [2.75, 3.05) is 19.6 Å². The van der Waals surface area contributed by atoms with Gasteiger partial charge < -0.3 is 10.2 Å². The third-order valence-corrected chi connectivity index (χ3v) is 6.62. The average molecular weight is 383 g/mol. The SMILES string of the molecule is CC(C)n1cc2cccc(C(=O)NCC3CCN(C4CCCCC4)CC3)c2n1. The summed E-state index contributed by atoms with van der Waals surface area (Å²) in [6, 6.07) is 6.97. The Bertz CT molecular complexity index is 798. The van der Waals surface area contributed by atoms with Crippen LogP contribution in [0.2, 0.25) is 0 Å². The van der Waals surface area contributed by atoms with Gasteiger partial charge in [-0.2, -0.15) is 5.10 Å². The molecule has 0 atom stereocenters. The second-order valence-corrected chi connectivity index (χ2v) is 8.93. The van der Waals surface area contributed by atoms with Gasteiger partial charge in [0.25, 0.3) is 5.91 Å². The molecule has 1 aromatic heterocycles. The van der Waals surface area contributed by atoms with Gasteiger partial charge in [-0.05, 0) is 64.6 Å². The van der Waals surface area contributed by atoms with Crippen LogP contribution >= 0.6 is 0 Å². The Balaban J connectivity index is 1.32. The van der Waals surface area contributed by atoms with E-state index >= 15 is 0 Å². The number of piperidine rings is 1. The molecule has 1 aliphatic carbocycles. The molecule has 1 N–H and O–H groups in total. The van der Waals surface area contributed by atoms with Crippen LogP contribution in [0.15, 0.2) is 24.4 Å². The molecule has 2 aliphatic rings. The number of nitrogens with one attached hydrogen (secondary N) is 1. The fourth-order valence-electron chi connectivity index (χ4n) is 4.81. The third kappa shape index (κ3) is 4.24. The van der Waals surface area contributed by atoms with Crippen LogP contribution < -0.4 is 5.32 Å². The molecule has 0 bridgehead atoms. The molecule has 2 aromatic rings. The van der Waals surface area contributed by atoms with Crippen molar-refractivity contribution in [1.82, 2.24) is 20.0 Å². The van der Waals surface area contributed by atoms with Crippen molar-refractivity contribution in [2.45, 2.75) is 70.9 Å². The quantitative estimate of drug-likeness (QED) is 0.834. The average Bonchev–Trinajstić information content (AvgIpc) is 3.18. The Morgan fingerprint density at radius 2 is 1.89 bits per heavy atom. The van der Waals surface area contributed by atoms with E-state index in [-0.39, 0.29) is 11.9 Å². The van der Waals surface area contributed by atoms with Crippen LogP contribution in [0.25, 0.3) is 10.9 Å². The summed E-state index contributed by atoms with van der Waals surface area (Å²) in [5, 5.41) is 8.86. The van der Waals surface area contributed by atoms with E-state index in [0.29, 0.717) is 11.5 Å². The summed E-state index contributed by atoms with van der Waals surface area (Å²) < 4.78 is 1.93. The molecule has 0 radical (unpaired) electrons. The molecule has 4 rings (SSSR count). The van der Waals surface area contributed by atoms with Crippen molar-refractivity contribution in [3.05, 3.63) is 30.0 Å². The van der Waals surface area contributed by atoms with Crippen LogP contribution in [-0.4, -0.2) is 46.3 Å². The molecule has 2 heterocycles. The molecule has 1 aromatic carbocycles. The maximum atomic E-state index is 12.8. The molecule has 152 valence electrons. The van der Waals surface area contributed by atoms with Gasteiger partial charge in [0.15, 0.2) is 0 Å². The lowest BCUT2D eigenvalue weighted by Gasteiger charge is -2.39. The molecule has 1 amide bonds. The molecule has 28 heavy (non-hydrogen) atoms. The van der Waals surface area contributed by atoms with Crippen molar-refractivity contribution in [2.24, 2.45) is 5.92 Å². The Hall–Kier alpha value is -1.88. The minimum absolute atomic E-state index is 0.00863. The zero-order chi connectivity index (χ0) is 19.5. The summed E-state index contributed by atoms with van der Waals surface area (Å²) in [5.41, 5.74) is 1.50. The van der Waals surface area contributed by atoms with E-state index < -0.39 is 0 Å². The lowest BCUT2D eigenvalue weighted by Crippen LogP contribution is -2.44. The molecule has 5 heteroatoms. The van der Waals surface area contributed by atoms with Gasteiger partial charge in [0.05, 0.1) is 5.56 Å². The second-order valence-electron chi connectivity index (χ2n) is 8.93. The lowest BCUT2D eigenvalue weighted by molar-refractivity contribution is 0.0900. The number of carbonyl (C=O) groups excluding carboxylic acids is 1. The van der Waals surface area contributed by atoms with Crippen molar-refractivity contribution >= 4 is 16.8 Å². The zero-order valence-electron chi connectivity index (χ0n) is 17.4. The van der Waals surface area contributed by atoms with E-state index in [1.54, 1.807) is 0 Å². The summed E-state index contributed by atoms with van der Waals surface area (Å²) >= 11 is 0. The topological polar surface area (TPSA) is 50.2 Å². The highest BCUT2D eigenvalue weighted by molar-refractivity contribution is 6.05. The van der Waals surface area contributed by atoms with Crippen LogP contribution in [-0.2, 0) is 0 Å². The van der Waals surface area contributed by atoms with Gasteiger partial charge in [0.1, 0.15) is 5.52 Å². The Kier molecular flexibility index (Phi) is 6.00. The van der Waals surface area contributed by atoms with Crippen LogP contribution in [0.5, 0.6) is 0 Å². The number of carbonyl (C=O) groups is 1. The predicted octanol–water partition coefficient (Wildman–Crippen LogP) is 4.39. The van der Waals surface area contributed by atoms with E-state index in [1.165, 1.54) is 58.0 Å². The number of nitrogens with zero attached hydrogens (tertiary/aromatic N) is 3. The number of aromatic nitrogens is 2. The van der Waals surface area contributed by atoms with Crippen LogP contribution in [0.4, 0.5) is 0 Å². The summed E-state index contributed by atoms with van der Waals surface area (Å²) in [6.07, 6.45) is 11.4. The molecule has 1 saturated carbocycles. The van der Waals surface area contributed by atoms with Crippen molar-refractivity contribution in [3.63, 3.8) is 0 Å². The fourth-order valence-corrected chi connectivity index (χ4v) is 4.81. The number of rotatable bonds is 5. The largest absolute Gasteiger partial charge is 0.352 e. The summed E-state index contributed by atoms with van der Waals surface area (Å²) in [4.78, 5) is 15.5. The van der Waals surface area contributed by atoms with Crippen molar-refractivity contribution in [1.29, 1.82) is 0 Å². The maximum Gasteiger partial charge on any atom is 0.253 e. The zero-order valence-corrected chi connectivity index (χ0v) is 17.4. The van der Waals surface area contributed by atoms with E-state index in [4.69, 9.17) is 0 Å². The smallest absolute Gasteiger partial charge is 0.253 e. The molecule has 1 saturated heterocycles. The van der Waals surface area contributed by atoms with Gasteiger partial charge in [-0.1, -0.05) is 31.4 Å². The number of hydrogen-bond acceptors (Lipinski definition) is 3. The maximum absolute atomic E-state index is 12.8. The molecule has 5 nitrogen and oxygen atoms in total. The third-order valence-electron chi connectivity index (χ3n) is 6.62. The molecular weight excluding hydrogens is 348 g/mol. The first-order chi connectivity index (χ1) is 13.6. The van der Waals surface area contributed by atoms with Gasteiger partial charge in [0.2, 0.25) is 0 Å². The van der Waals surface area contributed by atoms with Crippen LogP contribution in [0.3, 0.4) is 0 Å². The van der Waals surface area contributed by atoms with E-state index in [9.17, 15) is 4.79 Å². The van der Waals surface area contributed by atoms with Gasteiger partial charge in [-0.25, -0.2) is 0 Å². The summed E-state index contributed by atoms with van der Waals surface area (Å²) in [6.45, 7) is 7.37. The van der Waals surface area contributed by atoms with E-state index in [2.05, 4.69) is 29.2 Å². The van der Waals surface area contributed by atoms with Gasteiger partial charge in [-0.15, -0.1) is 0 Å². The Morgan fingerprint density at radius 1 is 1.14 bits per heavy atom. The molecule has 1 aliphatic heterocycles. The first-order valence-electron chi connectivity index (χ1n) is 11.1. The van der Waals surface area contributed by atoms with Gasteiger partial charge in [0, 0.05) is 30.2 Å². The fraction of sp³-hybridized carbons (Fsp3) is 0.652. The van der Waals surface area contributed by atoms with Gasteiger partial charge >= 0.3 is 0 Å². The predicted molar refractivity (Wildman–Crippen MR) is 114 cm³/mol. The first kappa shape index (κ1) is 19.4. The Morgan fingerprint density at radius 3 is 2.61 bits per heavy atom. The number of fused-ring (bicyclic) bond motifs is 1. The minimum atomic E-state index is 0.00863. The van der Waals surface area contributed by atoms with Crippen LogP contribution in [0.1, 0.15) is 75.2 Å². The molecule has 0 unspecified atom stereocenters. The van der Waals surface area contributed by atoms with Crippen molar-refractivity contribution in [3.8, 4) is 0 Å². The second kappa shape index (κ2) is 8.64. The highest BCUT2D eigenvalue weighted by Gasteiger charge is 2.26. The number of hydrogen-bond donors (Lipinski definition) is 1. The molecule has 2 fully saturated rings.